The lowest BCUT2D eigenvalue weighted by molar-refractivity contribution is 0.102. The van der Waals surface area contributed by atoms with Crippen molar-refractivity contribution in [3.05, 3.63) is 59.5 Å². The smallest absolute Gasteiger partial charge is 0.256 e. The van der Waals surface area contributed by atoms with Crippen molar-refractivity contribution in [3.63, 3.8) is 0 Å². The van der Waals surface area contributed by atoms with Crippen LogP contribution >= 0.6 is 0 Å². The second-order valence-electron chi connectivity index (χ2n) is 8.56. The third kappa shape index (κ3) is 3.79. The number of aryl methyl sites for hydroxylation is 2. The lowest BCUT2D eigenvalue weighted by Crippen LogP contribution is -2.16. The molecule has 1 N–H and O–H groups in total. The maximum Gasteiger partial charge on any atom is 0.256 e. The van der Waals surface area contributed by atoms with Crippen molar-refractivity contribution in [2.75, 3.05) is 12.4 Å². The molecule has 3 aromatic heterocycles. The summed E-state index contributed by atoms with van der Waals surface area (Å²) in [7, 11) is 3.40. The zero-order chi connectivity index (χ0) is 22.3. The second kappa shape index (κ2) is 7.58. The fourth-order valence-electron chi connectivity index (χ4n) is 3.64. The number of rotatable bonds is 4. The Morgan fingerprint density at radius 2 is 1.97 bits per heavy atom. The highest BCUT2D eigenvalue weighted by molar-refractivity contribution is 6.13. The Bertz CT molecular complexity index is 1260. The number of benzene rings is 1. The topological polar surface area (TPSA) is 82.2 Å². The van der Waals surface area contributed by atoms with Crippen LogP contribution in [-0.4, -0.2) is 27.8 Å². The van der Waals surface area contributed by atoms with E-state index in [9.17, 15) is 4.79 Å². The van der Waals surface area contributed by atoms with Gasteiger partial charge in [0.15, 0.2) is 11.4 Å². The lowest BCUT2D eigenvalue weighted by atomic mass is 9.87. The summed E-state index contributed by atoms with van der Waals surface area (Å²) in [6.45, 7) is 8.25. The van der Waals surface area contributed by atoms with Crippen molar-refractivity contribution >= 4 is 22.6 Å². The molecule has 0 saturated heterocycles. The molecule has 0 spiro atoms. The number of nitrogens with zero attached hydrogens (tertiary/aromatic N) is 3. The van der Waals surface area contributed by atoms with Crippen molar-refractivity contribution in [1.82, 2.24) is 14.8 Å². The molecule has 3 heterocycles. The van der Waals surface area contributed by atoms with Gasteiger partial charge < -0.3 is 14.5 Å². The van der Waals surface area contributed by atoms with Crippen molar-refractivity contribution in [3.8, 4) is 17.2 Å². The van der Waals surface area contributed by atoms with Crippen LogP contribution in [0.4, 0.5) is 5.69 Å². The molecule has 160 valence electrons. The Morgan fingerprint density at radius 3 is 2.61 bits per heavy atom. The molecule has 0 fully saturated rings. The summed E-state index contributed by atoms with van der Waals surface area (Å²) in [4.78, 5) is 18.1. The summed E-state index contributed by atoms with van der Waals surface area (Å²) < 4.78 is 12.7. The van der Waals surface area contributed by atoms with E-state index in [0.29, 0.717) is 39.5 Å². The van der Waals surface area contributed by atoms with Crippen molar-refractivity contribution in [2.24, 2.45) is 7.05 Å². The first-order valence-corrected chi connectivity index (χ1v) is 10.1. The Balaban J connectivity index is 1.83. The molecule has 7 nitrogen and oxygen atoms in total. The standard InChI is InChI=1S/C24H26N4O3/c1-14-21-16(13-18(20-8-7-11-31-20)25-22(21)28(5)27-14)23(29)26-17-12-15(24(2,3)4)9-10-19(17)30-6/h7-13H,1-6H3,(H,26,29). The number of nitrogens with one attached hydrogen (secondary N) is 1. The van der Waals surface area contributed by atoms with Crippen LogP contribution in [0, 0.1) is 6.92 Å². The lowest BCUT2D eigenvalue weighted by Gasteiger charge is -2.21. The van der Waals surface area contributed by atoms with Crippen LogP contribution < -0.4 is 10.1 Å². The van der Waals surface area contributed by atoms with E-state index < -0.39 is 0 Å². The number of carbonyl (C=O) groups excluding carboxylic acids is 1. The zero-order valence-corrected chi connectivity index (χ0v) is 18.6. The number of hydrogen-bond acceptors (Lipinski definition) is 5. The molecule has 0 unspecified atom stereocenters. The van der Waals surface area contributed by atoms with Crippen LogP contribution in [0.25, 0.3) is 22.5 Å². The third-order valence-electron chi connectivity index (χ3n) is 5.30. The number of furan rings is 1. The molecule has 0 aliphatic rings. The summed E-state index contributed by atoms with van der Waals surface area (Å²) in [5, 5.41) is 8.20. The fraction of sp³-hybridized carbons (Fsp3) is 0.292. The van der Waals surface area contributed by atoms with Crippen LogP contribution in [0.15, 0.2) is 47.1 Å². The van der Waals surface area contributed by atoms with Gasteiger partial charge >= 0.3 is 0 Å². The van der Waals surface area contributed by atoms with E-state index in [0.717, 1.165) is 11.3 Å². The Hall–Kier alpha value is -3.61. The number of pyridine rings is 1. The van der Waals surface area contributed by atoms with Gasteiger partial charge in [-0.25, -0.2) is 4.98 Å². The molecule has 1 aromatic carbocycles. The minimum absolute atomic E-state index is 0.0674. The minimum atomic E-state index is -0.263. The number of hydrogen-bond donors (Lipinski definition) is 1. The molecule has 4 aromatic rings. The highest BCUT2D eigenvalue weighted by Gasteiger charge is 2.22. The van der Waals surface area contributed by atoms with Gasteiger partial charge in [-0.3, -0.25) is 9.48 Å². The van der Waals surface area contributed by atoms with Gasteiger partial charge in [-0.1, -0.05) is 26.8 Å². The van der Waals surface area contributed by atoms with E-state index in [1.165, 1.54) is 0 Å². The molecule has 7 heteroatoms. The summed E-state index contributed by atoms with van der Waals surface area (Å²) >= 11 is 0. The summed E-state index contributed by atoms with van der Waals surface area (Å²) in [6, 6.07) is 11.2. The summed E-state index contributed by atoms with van der Waals surface area (Å²) in [6.07, 6.45) is 1.58. The summed E-state index contributed by atoms with van der Waals surface area (Å²) in [5.74, 6) is 0.920. The SMILES string of the molecule is COc1ccc(C(C)(C)C)cc1NC(=O)c1cc(-c2ccco2)nc2c1c(C)nn2C. The van der Waals surface area contributed by atoms with E-state index in [1.54, 1.807) is 30.2 Å². The predicted molar refractivity (Wildman–Crippen MR) is 121 cm³/mol. The van der Waals surface area contributed by atoms with Crippen LogP contribution in [0.1, 0.15) is 42.4 Å². The van der Waals surface area contributed by atoms with E-state index in [-0.39, 0.29) is 11.3 Å². The number of fused-ring (bicyclic) bond motifs is 1. The molecule has 0 aliphatic heterocycles. The largest absolute Gasteiger partial charge is 0.495 e. The van der Waals surface area contributed by atoms with Crippen LogP contribution in [0.3, 0.4) is 0 Å². The van der Waals surface area contributed by atoms with E-state index in [1.807, 2.05) is 38.2 Å². The predicted octanol–water partition coefficient (Wildman–Crippen LogP) is 5.10. The van der Waals surface area contributed by atoms with E-state index >= 15 is 0 Å². The average Bonchev–Trinajstić information content (AvgIpc) is 3.35. The Kier molecular flexibility index (Phi) is 5.05. The van der Waals surface area contributed by atoms with Crippen LogP contribution in [0.2, 0.25) is 0 Å². The number of carbonyl (C=O) groups is 1. The van der Waals surface area contributed by atoms with Crippen molar-refractivity contribution in [1.29, 1.82) is 0 Å². The molecule has 0 aliphatic carbocycles. The first kappa shape index (κ1) is 20.7. The molecule has 4 rings (SSSR count). The summed E-state index contributed by atoms with van der Waals surface area (Å²) in [5.41, 5.74) is 4.04. The van der Waals surface area contributed by atoms with Crippen molar-refractivity contribution < 1.29 is 13.9 Å². The normalized spacial score (nSPS) is 11.7. The van der Waals surface area contributed by atoms with Gasteiger partial charge in [0.05, 0.1) is 35.7 Å². The van der Waals surface area contributed by atoms with Crippen LogP contribution in [-0.2, 0) is 12.5 Å². The van der Waals surface area contributed by atoms with Gasteiger partial charge in [0.2, 0.25) is 0 Å². The maximum atomic E-state index is 13.5. The number of aromatic nitrogens is 3. The maximum absolute atomic E-state index is 13.5. The zero-order valence-electron chi connectivity index (χ0n) is 18.6. The van der Waals surface area contributed by atoms with Crippen LogP contribution in [0.5, 0.6) is 5.75 Å². The monoisotopic (exact) mass is 418 g/mol. The molecule has 0 bridgehead atoms. The second-order valence-corrected chi connectivity index (χ2v) is 8.56. The number of methoxy groups -OCH3 is 1. The van der Waals surface area contributed by atoms with E-state index in [2.05, 4.69) is 36.2 Å². The molecule has 0 atom stereocenters. The first-order chi connectivity index (χ1) is 14.7. The average molecular weight is 418 g/mol. The molecule has 31 heavy (non-hydrogen) atoms. The molecule has 0 radical (unpaired) electrons. The highest BCUT2D eigenvalue weighted by Crippen LogP contribution is 2.33. The van der Waals surface area contributed by atoms with Gasteiger partial charge in [-0.15, -0.1) is 0 Å². The first-order valence-electron chi connectivity index (χ1n) is 10.1. The quantitative estimate of drug-likeness (QED) is 0.499. The number of ether oxygens (including phenoxy) is 1. The van der Waals surface area contributed by atoms with Gasteiger partial charge in [0, 0.05) is 7.05 Å². The minimum Gasteiger partial charge on any atom is -0.495 e. The molecular formula is C24H26N4O3. The van der Waals surface area contributed by atoms with Gasteiger partial charge in [0.1, 0.15) is 11.4 Å². The fourth-order valence-corrected chi connectivity index (χ4v) is 3.64. The molecule has 1 amide bonds. The molecule has 0 saturated carbocycles. The Labute approximate surface area is 181 Å². The molecular weight excluding hydrogens is 392 g/mol. The highest BCUT2D eigenvalue weighted by atomic mass is 16.5. The van der Waals surface area contributed by atoms with Gasteiger partial charge in [-0.2, -0.15) is 5.10 Å². The van der Waals surface area contributed by atoms with E-state index in [4.69, 9.17) is 9.15 Å². The number of amides is 1. The third-order valence-corrected chi connectivity index (χ3v) is 5.30. The number of anilines is 1. The Morgan fingerprint density at radius 1 is 1.19 bits per heavy atom. The van der Waals surface area contributed by atoms with Crippen molar-refractivity contribution in [2.45, 2.75) is 33.1 Å². The van der Waals surface area contributed by atoms with Gasteiger partial charge in [0.25, 0.3) is 5.91 Å². The van der Waals surface area contributed by atoms with Gasteiger partial charge in [-0.05, 0) is 48.2 Å².